The van der Waals surface area contributed by atoms with E-state index in [0.717, 1.165) is 36.1 Å². The fourth-order valence-corrected chi connectivity index (χ4v) is 4.38. The van der Waals surface area contributed by atoms with E-state index in [1.165, 1.54) is 6.07 Å². The minimum atomic E-state index is -0.720. The summed E-state index contributed by atoms with van der Waals surface area (Å²) in [7, 11) is 0. The maximum atomic E-state index is 14.7. The van der Waals surface area contributed by atoms with Crippen molar-refractivity contribution in [2.24, 2.45) is 5.92 Å². The molecule has 0 unspecified atom stereocenters. The number of carboxylic acid groups (broad SMARTS) is 1. The lowest BCUT2D eigenvalue weighted by atomic mass is 9.98. The van der Waals surface area contributed by atoms with Crippen LogP contribution in [0, 0.1) is 11.7 Å². The minimum absolute atomic E-state index is 0.255. The molecule has 7 heteroatoms. The normalized spacial score (nSPS) is 16.4. The van der Waals surface area contributed by atoms with Gasteiger partial charge in [-0.25, -0.2) is 4.39 Å². The molecule has 0 spiro atoms. The predicted molar refractivity (Wildman–Crippen MR) is 126 cm³/mol. The van der Waals surface area contributed by atoms with E-state index in [1.54, 1.807) is 12.1 Å². The zero-order valence-electron chi connectivity index (χ0n) is 18.5. The number of carboxylic acids is 1. The molecule has 2 heterocycles. The third-order valence-electron chi connectivity index (χ3n) is 6.20. The number of nitrogens with zero attached hydrogens (tertiary/aromatic N) is 3. The Labute approximate surface area is 196 Å². The first kappa shape index (κ1) is 22.0. The van der Waals surface area contributed by atoms with Gasteiger partial charge in [0.15, 0.2) is 0 Å². The second-order valence-corrected chi connectivity index (χ2v) is 8.59. The molecule has 0 aliphatic carbocycles. The van der Waals surface area contributed by atoms with Crippen LogP contribution in [0.2, 0.25) is 0 Å². The van der Waals surface area contributed by atoms with Gasteiger partial charge in [-0.2, -0.15) is 4.98 Å². The van der Waals surface area contributed by atoms with Crippen molar-refractivity contribution in [2.45, 2.75) is 19.4 Å². The maximum Gasteiger partial charge on any atom is 0.307 e. The summed E-state index contributed by atoms with van der Waals surface area (Å²) >= 11 is 0. The molecular formula is C27H24FN3O3. The molecule has 172 valence electrons. The number of likely N-dealkylation sites (tertiary alicyclic amines) is 1. The van der Waals surface area contributed by atoms with E-state index in [2.05, 4.69) is 15.0 Å². The third-order valence-corrected chi connectivity index (χ3v) is 6.20. The highest BCUT2D eigenvalue weighted by Gasteiger charge is 2.25. The predicted octanol–water partition coefficient (Wildman–Crippen LogP) is 5.51. The Hall–Kier alpha value is -3.84. The van der Waals surface area contributed by atoms with Crippen LogP contribution in [0.1, 0.15) is 18.4 Å². The Morgan fingerprint density at radius 1 is 1.03 bits per heavy atom. The average molecular weight is 458 g/mol. The smallest absolute Gasteiger partial charge is 0.307 e. The average Bonchev–Trinajstić information content (AvgIpc) is 3.35. The number of benzene rings is 3. The molecule has 1 aliphatic rings. The SMILES string of the molecule is O=C(O)[C@@H]1CCCN(Cc2ccc(-c3noc(-c4ccc(-c5ccccc5)c(F)c4)n3)cc2)C1. The van der Waals surface area contributed by atoms with Gasteiger partial charge in [-0.1, -0.05) is 65.8 Å². The monoisotopic (exact) mass is 457 g/mol. The largest absolute Gasteiger partial charge is 0.481 e. The van der Waals surface area contributed by atoms with Crippen molar-refractivity contribution < 1.29 is 18.8 Å². The van der Waals surface area contributed by atoms with Crippen molar-refractivity contribution in [3.63, 3.8) is 0 Å². The van der Waals surface area contributed by atoms with Crippen molar-refractivity contribution >= 4 is 5.97 Å². The van der Waals surface area contributed by atoms with Gasteiger partial charge < -0.3 is 9.63 Å². The summed E-state index contributed by atoms with van der Waals surface area (Å²) in [5.41, 5.74) is 3.73. The van der Waals surface area contributed by atoms with Gasteiger partial charge in [0, 0.05) is 29.8 Å². The molecule has 3 aromatic carbocycles. The highest BCUT2D eigenvalue weighted by atomic mass is 19.1. The summed E-state index contributed by atoms with van der Waals surface area (Å²) in [4.78, 5) is 17.9. The van der Waals surface area contributed by atoms with Crippen molar-refractivity contribution in [1.29, 1.82) is 0 Å². The number of piperidine rings is 1. The van der Waals surface area contributed by atoms with Crippen LogP contribution in [0.4, 0.5) is 4.39 Å². The van der Waals surface area contributed by atoms with Crippen LogP contribution >= 0.6 is 0 Å². The number of rotatable bonds is 6. The molecule has 1 atom stereocenters. The molecule has 0 amide bonds. The van der Waals surface area contributed by atoms with Gasteiger partial charge in [0.05, 0.1) is 5.92 Å². The summed E-state index contributed by atoms with van der Waals surface area (Å²) in [6.45, 7) is 2.18. The van der Waals surface area contributed by atoms with Gasteiger partial charge in [0.2, 0.25) is 5.82 Å². The molecule has 0 bridgehead atoms. The van der Waals surface area contributed by atoms with E-state index in [9.17, 15) is 14.3 Å². The molecular weight excluding hydrogens is 433 g/mol. The minimum Gasteiger partial charge on any atom is -0.481 e. The summed E-state index contributed by atoms with van der Waals surface area (Å²) in [5, 5.41) is 13.3. The van der Waals surface area contributed by atoms with Crippen molar-refractivity contribution in [1.82, 2.24) is 15.0 Å². The van der Waals surface area contributed by atoms with E-state index in [4.69, 9.17) is 4.52 Å². The maximum absolute atomic E-state index is 14.7. The van der Waals surface area contributed by atoms with Gasteiger partial charge in [0.1, 0.15) is 5.82 Å². The van der Waals surface area contributed by atoms with Crippen molar-refractivity contribution in [3.05, 3.63) is 84.2 Å². The molecule has 1 aliphatic heterocycles. The number of hydrogen-bond acceptors (Lipinski definition) is 5. The summed E-state index contributed by atoms with van der Waals surface area (Å²) < 4.78 is 20.1. The fraction of sp³-hybridized carbons (Fsp3) is 0.222. The standard InChI is InChI=1S/C27H24FN3O3/c28-24-15-21(12-13-23(24)19-5-2-1-3-6-19)26-29-25(30-34-26)20-10-8-18(9-11-20)16-31-14-4-7-22(17-31)27(32)33/h1-3,5-6,8-13,15,22H,4,7,14,16-17H2,(H,32,33)/t22-/m1/s1. The lowest BCUT2D eigenvalue weighted by Crippen LogP contribution is -2.38. The zero-order chi connectivity index (χ0) is 23.5. The summed E-state index contributed by atoms with van der Waals surface area (Å²) in [6, 6.07) is 22.1. The van der Waals surface area contributed by atoms with E-state index in [-0.39, 0.29) is 17.6 Å². The quantitative estimate of drug-likeness (QED) is 0.412. The lowest BCUT2D eigenvalue weighted by Gasteiger charge is -2.30. The molecule has 1 N–H and O–H groups in total. The third kappa shape index (κ3) is 4.75. The molecule has 1 fully saturated rings. The number of aliphatic carboxylic acids is 1. The number of aromatic nitrogens is 2. The molecule has 0 radical (unpaired) electrons. The van der Waals surface area contributed by atoms with Crippen LogP contribution in [0.3, 0.4) is 0 Å². The van der Waals surface area contributed by atoms with Crippen molar-refractivity contribution in [2.75, 3.05) is 13.1 Å². The van der Waals surface area contributed by atoms with Crippen LogP contribution in [-0.4, -0.2) is 39.2 Å². The molecule has 6 nitrogen and oxygen atoms in total. The molecule has 1 aromatic heterocycles. The van der Waals surface area contributed by atoms with Crippen LogP contribution in [-0.2, 0) is 11.3 Å². The molecule has 4 aromatic rings. The Morgan fingerprint density at radius 3 is 2.53 bits per heavy atom. The van der Waals surface area contributed by atoms with Gasteiger partial charge in [0.25, 0.3) is 5.89 Å². The van der Waals surface area contributed by atoms with Gasteiger partial charge in [-0.05, 0) is 42.6 Å². The van der Waals surface area contributed by atoms with E-state index < -0.39 is 5.97 Å². The topological polar surface area (TPSA) is 79.5 Å². The van der Waals surface area contributed by atoms with E-state index in [0.29, 0.717) is 30.0 Å². The molecule has 0 saturated carbocycles. The Bertz CT molecular complexity index is 1290. The van der Waals surface area contributed by atoms with Crippen LogP contribution < -0.4 is 0 Å². The number of halogens is 1. The Kier molecular flexibility index (Phi) is 6.18. The fourth-order valence-electron chi connectivity index (χ4n) is 4.38. The Balaban J connectivity index is 1.28. The highest BCUT2D eigenvalue weighted by molar-refractivity contribution is 5.70. The second kappa shape index (κ2) is 9.57. The number of hydrogen-bond donors (Lipinski definition) is 1. The molecule has 1 saturated heterocycles. The zero-order valence-corrected chi connectivity index (χ0v) is 18.5. The van der Waals surface area contributed by atoms with Crippen LogP contribution in [0.5, 0.6) is 0 Å². The summed E-state index contributed by atoms with van der Waals surface area (Å²) in [6.07, 6.45) is 1.64. The van der Waals surface area contributed by atoms with E-state index >= 15 is 0 Å². The Morgan fingerprint density at radius 2 is 1.79 bits per heavy atom. The first-order chi connectivity index (χ1) is 16.6. The highest BCUT2D eigenvalue weighted by Crippen LogP contribution is 2.28. The van der Waals surface area contributed by atoms with E-state index in [1.807, 2.05) is 54.6 Å². The first-order valence-corrected chi connectivity index (χ1v) is 11.3. The second-order valence-electron chi connectivity index (χ2n) is 8.59. The molecule has 5 rings (SSSR count). The summed E-state index contributed by atoms with van der Waals surface area (Å²) in [5.74, 6) is -0.681. The van der Waals surface area contributed by atoms with Gasteiger partial charge >= 0.3 is 5.97 Å². The van der Waals surface area contributed by atoms with Crippen LogP contribution in [0.15, 0.2) is 77.3 Å². The molecule has 34 heavy (non-hydrogen) atoms. The van der Waals surface area contributed by atoms with Gasteiger partial charge in [-0.15, -0.1) is 0 Å². The van der Waals surface area contributed by atoms with Gasteiger partial charge in [-0.3, -0.25) is 9.69 Å². The first-order valence-electron chi connectivity index (χ1n) is 11.3. The number of carbonyl (C=O) groups is 1. The van der Waals surface area contributed by atoms with Crippen molar-refractivity contribution in [3.8, 4) is 34.0 Å². The lowest BCUT2D eigenvalue weighted by molar-refractivity contribution is -0.143. The van der Waals surface area contributed by atoms with Crippen LogP contribution in [0.25, 0.3) is 34.0 Å².